The number of hydrogen-bond acceptors (Lipinski definition) is 4. The lowest BCUT2D eigenvalue weighted by molar-refractivity contribution is 0.0944. The Hall–Kier alpha value is -2.69. The summed E-state index contributed by atoms with van der Waals surface area (Å²) in [5, 5.41) is 2.83. The normalized spacial score (nSPS) is 10.2. The summed E-state index contributed by atoms with van der Waals surface area (Å²) in [5.41, 5.74) is 2.74. The molecular weight excluding hydrogens is 306 g/mol. The Morgan fingerprint density at radius 1 is 1.00 bits per heavy atom. The van der Waals surface area contributed by atoms with Crippen LogP contribution in [0.3, 0.4) is 0 Å². The van der Waals surface area contributed by atoms with Gasteiger partial charge >= 0.3 is 0 Å². The van der Waals surface area contributed by atoms with Crippen molar-refractivity contribution < 1.29 is 19.0 Å². The topological polar surface area (TPSA) is 56.8 Å². The van der Waals surface area contributed by atoms with Crippen molar-refractivity contribution in [2.45, 2.75) is 13.8 Å². The van der Waals surface area contributed by atoms with E-state index >= 15 is 0 Å². The van der Waals surface area contributed by atoms with E-state index in [-0.39, 0.29) is 5.91 Å². The van der Waals surface area contributed by atoms with Gasteiger partial charge in [0.2, 0.25) is 0 Å². The number of ether oxygens (including phenoxy) is 3. The summed E-state index contributed by atoms with van der Waals surface area (Å²) in [6, 6.07) is 11.1. The van der Waals surface area contributed by atoms with Crippen molar-refractivity contribution in [3.05, 3.63) is 53.1 Å². The predicted molar refractivity (Wildman–Crippen MR) is 93.3 cm³/mol. The van der Waals surface area contributed by atoms with Crippen molar-refractivity contribution in [1.29, 1.82) is 0 Å². The van der Waals surface area contributed by atoms with Crippen molar-refractivity contribution in [2.24, 2.45) is 0 Å². The van der Waals surface area contributed by atoms with Crippen LogP contribution in [0.5, 0.6) is 17.2 Å². The lowest BCUT2D eigenvalue weighted by Crippen LogP contribution is -2.28. The highest BCUT2D eigenvalue weighted by molar-refractivity contribution is 5.97. The summed E-state index contributed by atoms with van der Waals surface area (Å²) >= 11 is 0. The number of rotatable bonds is 7. The lowest BCUT2D eigenvalue weighted by Gasteiger charge is -2.12. The van der Waals surface area contributed by atoms with Crippen LogP contribution in [0, 0.1) is 13.8 Å². The van der Waals surface area contributed by atoms with Crippen LogP contribution >= 0.6 is 0 Å². The summed E-state index contributed by atoms with van der Waals surface area (Å²) in [4.78, 5) is 12.3. The Kier molecular flexibility index (Phi) is 6.07. The fourth-order valence-electron chi connectivity index (χ4n) is 2.37. The molecular formula is C19H23NO4. The average Bonchev–Trinajstić information content (AvgIpc) is 2.59. The molecule has 128 valence electrons. The highest BCUT2D eigenvalue weighted by atomic mass is 16.5. The first kappa shape index (κ1) is 17.7. The Balaban J connectivity index is 1.89. The van der Waals surface area contributed by atoms with Crippen LogP contribution in [-0.2, 0) is 0 Å². The molecule has 5 heteroatoms. The third-order valence-corrected chi connectivity index (χ3v) is 3.63. The van der Waals surface area contributed by atoms with Crippen molar-refractivity contribution >= 4 is 5.91 Å². The third kappa shape index (κ3) is 4.41. The summed E-state index contributed by atoms with van der Waals surface area (Å²) in [5.74, 6) is 1.74. The molecule has 0 fully saturated rings. The van der Waals surface area contributed by atoms with E-state index in [1.165, 1.54) is 12.7 Å². The maximum atomic E-state index is 12.3. The molecule has 1 amide bonds. The number of carbonyl (C=O) groups excluding carboxylic acids is 1. The minimum absolute atomic E-state index is 0.210. The fourth-order valence-corrected chi connectivity index (χ4v) is 2.37. The number of carbonyl (C=O) groups is 1. The Morgan fingerprint density at radius 2 is 1.79 bits per heavy atom. The Bertz CT molecular complexity index is 713. The minimum Gasteiger partial charge on any atom is -0.497 e. The van der Waals surface area contributed by atoms with Crippen LogP contribution in [0.1, 0.15) is 21.5 Å². The Labute approximate surface area is 142 Å². The minimum atomic E-state index is -0.210. The first-order chi connectivity index (χ1) is 11.5. The molecule has 2 aromatic rings. The monoisotopic (exact) mass is 329 g/mol. The van der Waals surface area contributed by atoms with Crippen molar-refractivity contribution in [3.8, 4) is 17.2 Å². The molecule has 1 N–H and O–H groups in total. The van der Waals surface area contributed by atoms with Crippen molar-refractivity contribution in [2.75, 3.05) is 27.4 Å². The van der Waals surface area contributed by atoms with E-state index in [1.807, 2.05) is 26.0 Å². The van der Waals surface area contributed by atoms with E-state index in [0.717, 1.165) is 11.3 Å². The van der Waals surface area contributed by atoms with Gasteiger partial charge in [0.05, 0.1) is 26.3 Å². The maximum absolute atomic E-state index is 12.3. The van der Waals surface area contributed by atoms with Crippen LogP contribution in [0.15, 0.2) is 36.4 Å². The molecule has 24 heavy (non-hydrogen) atoms. The fraction of sp³-hybridized carbons (Fsp3) is 0.316. The standard InChI is InChI=1S/C19H23NO4/c1-13-5-8-17(14(2)11-13)24-10-9-20-19(21)16-7-6-15(22-3)12-18(16)23-4/h5-8,11-12H,9-10H2,1-4H3,(H,20,21). The van der Waals surface area contributed by atoms with Crippen molar-refractivity contribution in [1.82, 2.24) is 5.32 Å². The van der Waals surface area contributed by atoms with Gasteiger partial charge in [-0.1, -0.05) is 17.7 Å². The van der Waals surface area contributed by atoms with E-state index in [9.17, 15) is 4.79 Å². The molecule has 0 aliphatic carbocycles. The molecule has 0 aliphatic rings. The van der Waals surface area contributed by atoms with Gasteiger partial charge in [-0.3, -0.25) is 4.79 Å². The molecule has 0 unspecified atom stereocenters. The van der Waals surface area contributed by atoms with Crippen LogP contribution in [0.2, 0.25) is 0 Å². The molecule has 0 heterocycles. The lowest BCUT2D eigenvalue weighted by atomic mass is 10.1. The first-order valence-corrected chi connectivity index (χ1v) is 7.75. The first-order valence-electron chi connectivity index (χ1n) is 7.75. The van der Waals surface area contributed by atoms with Crippen LogP contribution in [0.4, 0.5) is 0 Å². The quantitative estimate of drug-likeness (QED) is 0.793. The average molecular weight is 329 g/mol. The van der Waals surface area contributed by atoms with Crippen LogP contribution in [-0.4, -0.2) is 33.3 Å². The molecule has 5 nitrogen and oxygen atoms in total. The second kappa shape index (κ2) is 8.24. The smallest absolute Gasteiger partial charge is 0.255 e. The molecule has 0 atom stereocenters. The van der Waals surface area contributed by atoms with Crippen LogP contribution < -0.4 is 19.5 Å². The second-order valence-corrected chi connectivity index (χ2v) is 5.44. The van der Waals surface area contributed by atoms with Gasteiger partial charge in [-0.05, 0) is 37.6 Å². The summed E-state index contributed by atoms with van der Waals surface area (Å²) in [6.07, 6.45) is 0. The molecule has 0 radical (unpaired) electrons. The number of aryl methyl sites for hydroxylation is 2. The SMILES string of the molecule is COc1ccc(C(=O)NCCOc2ccc(C)cc2C)c(OC)c1. The van der Waals surface area contributed by atoms with Gasteiger partial charge in [-0.2, -0.15) is 0 Å². The highest BCUT2D eigenvalue weighted by Crippen LogP contribution is 2.24. The zero-order valence-corrected chi connectivity index (χ0v) is 14.5. The second-order valence-electron chi connectivity index (χ2n) is 5.44. The van der Waals surface area contributed by atoms with Gasteiger partial charge in [0.15, 0.2) is 0 Å². The zero-order valence-electron chi connectivity index (χ0n) is 14.5. The predicted octanol–water partition coefficient (Wildman–Crippen LogP) is 3.13. The van der Waals surface area contributed by atoms with E-state index in [4.69, 9.17) is 14.2 Å². The molecule has 2 aromatic carbocycles. The molecule has 0 saturated heterocycles. The van der Waals surface area contributed by atoms with Gasteiger partial charge in [0.1, 0.15) is 23.9 Å². The highest BCUT2D eigenvalue weighted by Gasteiger charge is 2.12. The Morgan fingerprint density at radius 3 is 2.46 bits per heavy atom. The molecule has 0 bridgehead atoms. The summed E-state index contributed by atoms with van der Waals surface area (Å²) in [7, 11) is 3.09. The van der Waals surface area contributed by atoms with E-state index in [0.29, 0.717) is 30.2 Å². The number of amides is 1. The van der Waals surface area contributed by atoms with Gasteiger partial charge in [0, 0.05) is 6.07 Å². The zero-order chi connectivity index (χ0) is 17.5. The van der Waals surface area contributed by atoms with Crippen molar-refractivity contribution in [3.63, 3.8) is 0 Å². The number of benzene rings is 2. The molecule has 0 aromatic heterocycles. The summed E-state index contributed by atoms with van der Waals surface area (Å²) < 4.78 is 16.1. The van der Waals surface area contributed by atoms with Crippen LogP contribution in [0.25, 0.3) is 0 Å². The summed E-state index contributed by atoms with van der Waals surface area (Å²) in [6.45, 7) is 4.85. The third-order valence-electron chi connectivity index (χ3n) is 3.63. The van der Waals surface area contributed by atoms with E-state index < -0.39 is 0 Å². The van der Waals surface area contributed by atoms with Gasteiger partial charge in [-0.15, -0.1) is 0 Å². The van der Waals surface area contributed by atoms with E-state index in [2.05, 4.69) is 11.4 Å². The molecule has 0 saturated carbocycles. The number of nitrogens with one attached hydrogen (secondary N) is 1. The van der Waals surface area contributed by atoms with E-state index in [1.54, 1.807) is 25.3 Å². The molecule has 2 rings (SSSR count). The molecule has 0 spiro atoms. The molecule has 0 aliphatic heterocycles. The van der Waals surface area contributed by atoms with Gasteiger partial charge in [-0.25, -0.2) is 0 Å². The largest absolute Gasteiger partial charge is 0.497 e. The van der Waals surface area contributed by atoms with Gasteiger partial charge < -0.3 is 19.5 Å². The van der Waals surface area contributed by atoms with Gasteiger partial charge in [0.25, 0.3) is 5.91 Å². The number of hydrogen-bond donors (Lipinski definition) is 1. The maximum Gasteiger partial charge on any atom is 0.255 e. The number of methoxy groups -OCH3 is 2.